The molecule has 0 aromatic carbocycles. The summed E-state index contributed by atoms with van der Waals surface area (Å²) < 4.78 is 0. The minimum atomic E-state index is -1.64. The number of hydrogen-bond donors (Lipinski definition) is 0. The van der Waals surface area contributed by atoms with Gasteiger partial charge in [-0.05, 0) is 13.1 Å². The van der Waals surface area contributed by atoms with Gasteiger partial charge in [-0.25, -0.2) is 6.57 Å². The Bertz CT molecular complexity index is 111. The van der Waals surface area contributed by atoms with E-state index >= 15 is 0 Å². The van der Waals surface area contributed by atoms with Gasteiger partial charge in [-0.15, -0.1) is 0 Å². The molecular formula is C5H10ClNSi. The van der Waals surface area contributed by atoms with Crippen LogP contribution in [0, 0.1) is 6.57 Å². The molecule has 0 amide bonds. The zero-order valence-electron chi connectivity index (χ0n) is 5.40. The van der Waals surface area contributed by atoms with Crippen LogP contribution in [0.1, 0.15) is 6.92 Å². The van der Waals surface area contributed by atoms with Crippen LogP contribution in [0.4, 0.5) is 0 Å². The summed E-state index contributed by atoms with van der Waals surface area (Å²) in [5.41, 5.74) is 0.0455. The Kier molecular flexibility index (Phi) is 2.52. The van der Waals surface area contributed by atoms with Crippen molar-refractivity contribution in [2.45, 2.75) is 25.7 Å². The van der Waals surface area contributed by atoms with Crippen molar-refractivity contribution in [2.75, 3.05) is 0 Å². The van der Waals surface area contributed by atoms with Gasteiger partial charge in [0.1, 0.15) is 0 Å². The number of nitrogens with zero attached hydrogens (tertiary/aromatic N) is 1. The lowest BCUT2D eigenvalue weighted by atomic mass is 10.8. The summed E-state index contributed by atoms with van der Waals surface area (Å²) in [6, 6.07) is 0. The zero-order valence-corrected chi connectivity index (χ0v) is 7.16. The molecule has 1 atom stereocenters. The van der Waals surface area contributed by atoms with E-state index in [0.29, 0.717) is 0 Å². The molecule has 1 nitrogen and oxygen atoms in total. The molecule has 0 saturated heterocycles. The van der Waals surface area contributed by atoms with Crippen molar-refractivity contribution in [3.05, 3.63) is 11.4 Å². The Hall–Kier alpha value is -0.00312. The first-order valence-electron chi connectivity index (χ1n) is 2.54. The average molecular weight is 148 g/mol. The van der Waals surface area contributed by atoms with Gasteiger partial charge >= 0.3 is 0 Å². The lowest BCUT2D eigenvalue weighted by Gasteiger charge is -2.09. The van der Waals surface area contributed by atoms with Gasteiger partial charge in [-0.2, -0.15) is 11.1 Å². The van der Waals surface area contributed by atoms with Gasteiger partial charge in [-0.3, -0.25) is 0 Å². The van der Waals surface area contributed by atoms with Crippen LogP contribution in [0.15, 0.2) is 0 Å². The van der Waals surface area contributed by atoms with Crippen molar-refractivity contribution in [1.82, 2.24) is 0 Å². The third kappa shape index (κ3) is 2.34. The standard InChI is InChI=1S/C5H10ClNSi/c1-5(7-2)8(3,4)6/h5H,1,3-4H3. The fourth-order valence-electron chi connectivity index (χ4n) is 0.153. The summed E-state index contributed by atoms with van der Waals surface area (Å²) in [6.45, 7) is 12.5. The van der Waals surface area contributed by atoms with Crippen LogP contribution in [0.25, 0.3) is 4.85 Å². The number of halogens is 1. The van der Waals surface area contributed by atoms with Crippen LogP contribution in [-0.2, 0) is 0 Å². The summed E-state index contributed by atoms with van der Waals surface area (Å²) in [5, 5.41) is 0. The van der Waals surface area contributed by atoms with Gasteiger partial charge in [0.2, 0.25) is 13.0 Å². The second kappa shape index (κ2) is 2.52. The molecule has 1 unspecified atom stereocenters. The normalized spacial score (nSPS) is 14.9. The molecule has 0 N–H and O–H groups in total. The fraction of sp³-hybridized carbons (Fsp3) is 0.800. The van der Waals surface area contributed by atoms with Crippen LogP contribution >= 0.6 is 11.1 Å². The van der Waals surface area contributed by atoms with E-state index in [-0.39, 0.29) is 5.67 Å². The molecule has 0 bridgehead atoms. The maximum Gasteiger partial charge on any atom is 0.245 e. The molecule has 3 heteroatoms. The van der Waals surface area contributed by atoms with E-state index in [9.17, 15) is 0 Å². The first-order valence-corrected chi connectivity index (χ1v) is 6.63. The third-order valence-corrected chi connectivity index (χ3v) is 4.25. The highest BCUT2D eigenvalue weighted by Crippen LogP contribution is 2.15. The van der Waals surface area contributed by atoms with Crippen molar-refractivity contribution in [2.24, 2.45) is 0 Å². The van der Waals surface area contributed by atoms with Gasteiger partial charge in [0, 0.05) is 6.92 Å². The van der Waals surface area contributed by atoms with E-state index in [1.165, 1.54) is 0 Å². The molecule has 0 radical (unpaired) electrons. The summed E-state index contributed by atoms with van der Waals surface area (Å²) in [6.07, 6.45) is 0. The van der Waals surface area contributed by atoms with Crippen LogP contribution in [0.2, 0.25) is 13.1 Å². The Morgan fingerprint density at radius 2 is 2.00 bits per heavy atom. The highest BCUT2D eigenvalue weighted by molar-refractivity contribution is 7.20. The van der Waals surface area contributed by atoms with Crippen molar-refractivity contribution in [3.63, 3.8) is 0 Å². The van der Waals surface area contributed by atoms with Gasteiger partial charge < -0.3 is 4.85 Å². The largest absolute Gasteiger partial charge is 0.318 e. The van der Waals surface area contributed by atoms with Gasteiger partial charge in [0.25, 0.3) is 0 Å². The molecule has 0 aromatic rings. The topological polar surface area (TPSA) is 4.36 Å². The minimum absolute atomic E-state index is 0.0455. The quantitative estimate of drug-likeness (QED) is 0.305. The van der Waals surface area contributed by atoms with Crippen LogP contribution < -0.4 is 0 Å². The smallest absolute Gasteiger partial charge is 0.245 e. The van der Waals surface area contributed by atoms with Crippen LogP contribution in [-0.4, -0.2) is 13.0 Å². The Labute approximate surface area is 56.2 Å². The molecule has 0 heterocycles. The monoisotopic (exact) mass is 147 g/mol. The zero-order chi connectivity index (χ0) is 6.78. The molecule has 0 aliphatic carbocycles. The first kappa shape index (κ1) is 8.00. The Morgan fingerprint density at radius 1 is 1.62 bits per heavy atom. The van der Waals surface area contributed by atoms with Crippen molar-refractivity contribution in [1.29, 1.82) is 0 Å². The Morgan fingerprint density at radius 3 is 2.00 bits per heavy atom. The molecule has 0 aromatic heterocycles. The molecule has 0 spiro atoms. The predicted octanol–water partition coefficient (Wildman–Crippen LogP) is 2.28. The summed E-state index contributed by atoms with van der Waals surface area (Å²) in [4.78, 5) is 3.34. The number of hydrogen-bond acceptors (Lipinski definition) is 0. The minimum Gasteiger partial charge on any atom is -0.318 e. The van der Waals surface area contributed by atoms with E-state index in [0.717, 1.165) is 0 Å². The summed E-state index contributed by atoms with van der Waals surface area (Å²) in [7, 11) is -1.64. The van der Waals surface area contributed by atoms with Gasteiger partial charge in [-0.1, -0.05) is 0 Å². The molecule has 0 aliphatic heterocycles. The maximum atomic E-state index is 6.64. The molecule has 0 aliphatic rings. The van der Waals surface area contributed by atoms with Gasteiger partial charge in [0.05, 0.1) is 0 Å². The molecule has 0 saturated carbocycles. The summed E-state index contributed by atoms with van der Waals surface area (Å²) in [5.74, 6) is 0. The van der Waals surface area contributed by atoms with E-state index in [1.807, 2.05) is 20.0 Å². The first-order chi connectivity index (χ1) is 3.48. The molecule has 0 rings (SSSR count). The van der Waals surface area contributed by atoms with E-state index in [2.05, 4.69) is 4.85 Å². The second-order valence-electron chi connectivity index (χ2n) is 2.37. The lowest BCUT2D eigenvalue weighted by molar-refractivity contribution is 1.17. The third-order valence-electron chi connectivity index (χ3n) is 1.19. The fourth-order valence-corrected chi connectivity index (χ4v) is 0.607. The number of rotatable bonds is 1. The van der Waals surface area contributed by atoms with E-state index < -0.39 is 7.38 Å². The van der Waals surface area contributed by atoms with Crippen molar-refractivity contribution >= 4 is 18.5 Å². The van der Waals surface area contributed by atoms with Crippen LogP contribution in [0.3, 0.4) is 0 Å². The second-order valence-corrected chi connectivity index (χ2v) is 9.26. The maximum absolute atomic E-state index is 6.64. The van der Waals surface area contributed by atoms with E-state index in [4.69, 9.17) is 17.7 Å². The molecule has 46 valence electrons. The van der Waals surface area contributed by atoms with E-state index in [1.54, 1.807) is 0 Å². The molecular weight excluding hydrogens is 138 g/mol. The van der Waals surface area contributed by atoms with Crippen molar-refractivity contribution < 1.29 is 0 Å². The highest BCUT2D eigenvalue weighted by Gasteiger charge is 2.31. The SMILES string of the molecule is [C-]#[N+]C(C)[Si](C)(C)Cl. The lowest BCUT2D eigenvalue weighted by Crippen LogP contribution is -2.30. The predicted molar refractivity (Wildman–Crippen MR) is 39.4 cm³/mol. The Balaban J connectivity index is 3.87. The van der Waals surface area contributed by atoms with Crippen LogP contribution in [0.5, 0.6) is 0 Å². The summed E-state index contributed by atoms with van der Waals surface area (Å²) >= 11 is 5.91. The van der Waals surface area contributed by atoms with Crippen molar-refractivity contribution in [3.8, 4) is 0 Å². The highest BCUT2D eigenvalue weighted by atomic mass is 35.6. The van der Waals surface area contributed by atoms with Gasteiger partial charge in [0.15, 0.2) is 0 Å². The molecule has 0 fully saturated rings. The molecule has 8 heavy (non-hydrogen) atoms. The average Bonchev–Trinajstić information content (AvgIpc) is 1.62.